The lowest BCUT2D eigenvalue weighted by Crippen LogP contribution is -2.30. The van der Waals surface area contributed by atoms with E-state index in [1.807, 2.05) is 4.90 Å². The molecule has 0 aromatic rings. The van der Waals surface area contributed by atoms with Gasteiger partial charge in [-0.1, -0.05) is 0 Å². The number of hydrogen-bond acceptors (Lipinski definition) is 3. The number of likely N-dealkylation sites (tertiary alicyclic amines) is 1. The van der Waals surface area contributed by atoms with E-state index in [0.29, 0.717) is 6.54 Å². The van der Waals surface area contributed by atoms with Crippen LogP contribution in [0.25, 0.3) is 0 Å². The number of carbonyl (C=O) groups is 2. The number of carbonyl (C=O) groups excluding carboxylic acids is 2. The van der Waals surface area contributed by atoms with E-state index in [9.17, 15) is 9.59 Å². The minimum atomic E-state index is 0.204. The number of nitrogens with zero attached hydrogens (tertiary/aromatic N) is 1. The molecule has 0 saturated carbocycles. The highest BCUT2D eigenvalue weighted by molar-refractivity contribution is 5.78. The minimum Gasteiger partial charge on any atom is -0.356 e. The van der Waals surface area contributed by atoms with Crippen molar-refractivity contribution in [1.82, 2.24) is 10.2 Å². The molecular weight excluding hydrogens is 194 g/mol. The molecule has 2 aliphatic heterocycles. The van der Waals surface area contributed by atoms with Crippen molar-refractivity contribution in [3.05, 3.63) is 0 Å². The molecule has 0 bridgehead atoms. The van der Waals surface area contributed by atoms with Crippen molar-refractivity contribution in [2.24, 2.45) is 5.73 Å². The van der Waals surface area contributed by atoms with Crippen LogP contribution in [0.2, 0.25) is 0 Å². The maximum Gasteiger partial charge on any atom is 0.222 e. The molecule has 5 heteroatoms. The Kier molecular flexibility index (Phi) is 5.10. The summed E-state index contributed by atoms with van der Waals surface area (Å²) in [7, 11) is 0. The first-order valence-corrected chi connectivity index (χ1v) is 5.48. The number of rotatable bonds is 2. The van der Waals surface area contributed by atoms with Crippen molar-refractivity contribution in [3.8, 4) is 0 Å². The molecule has 2 amide bonds. The van der Waals surface area contributed by atoms with Crippen molar-refractivity contribution in [1.29, 1.82) is 0 Å². The molecule has 0 aliphatic carbocycles. The highest BCUT2D eigenvalue weighted by Crippen LogP contribution is 2.07. The second-order valence-corrected chi connectivity index (χ2v) is 3.73. The van der Waals surface area contributed by atoms with E-state index in [1.54, 1.807) is 0 Å². The quantitative estimate of drug-likeness (QED) is 0.647. The van der Waals surface area contributed by atoms with Crippen molar-refractivity contribution in [3.63, 3.8) is 0 Å². The summed E-state index contributed by atoms with van der Waals surface area (Å²) in [6, 6.07) is 0. The normalized spacial score (nSPS) is 19.9. The number of nitrogens with one attached hydrogen (secondary N) is 1. The van der Waals surface area contributed by atoms with Gasteiger partial charge in [-0.15, -0.1) is 0 Å². The van der Waals surface area contributed by atoms with E-state index in [4.69, 9.17) is 5.73 Å². The minimum absolute atomic E-state index is 0.204. The molecule has 0 spiro atoms. The SMILES string of the molecule is NCCN1CCCC1=O.O=C1CCCN1. The summed E-state index contributed by atoms with van der Waals surface area (Å²) in [5.74, 6) is 0.468. The maximum atomic E-state index is 10.8. The second kappa shape index (κ2) is 6.40. The van der Waals surface area contributed by atoms with E-state index in [-0.39, 0.29) is 11.8 Å². The maximum absolute atomic E-state index is 10.8. The molecule has 3 N–H and O–H groups in total. The van der Waals surface area contributed by atoms with Crippen LogP contribution < -0.4 is 11.1 Å². The largest absolute Gasteiger partial charge is 0.356 e. The molecule has 15 heavy (non-hydrogen) atoms. The van der Waals surface area contributed by atoms with Gasteiger partial charge in [0.25, 0.3) is 0 Å². The third-order valence-electron chi connectivity index (χ3n) is 2.47. The van der Waals surface area contributed by atoms with Gasteiger partial charge in [-0.05, 0) is 12.8 Å². The van der Waals surface area contributed by atoms with E-state index in [0.717, 1.165) is 45.3 Å². The highest BCUT2D eigenvalue weighted by atomic mass is 16.2. The first-order valence-electron chi connectivity index (χ1n) is 5.48. The van der Waals surface area contributed by atoms with Crippen LogP contribution in [0.3, 0.4) is 0 Å². The van der Waals surface area contributed by atoms with E-state index in [1.165, 1.54) is 0 Å². The zero-order valence-electron chi connectivity index (χ0n) is 9.00. The molecule has 0 atom stereocenters. The molecule has 0 aromatic carbocycles. The highest BCUT2D eigenvalue weighted by Gasteiger charge is 2.18. The van der Waals surface area contributed by atoms with Crippen molar-refractivity contribution < 1.29 is 9.59 Å². The summed E-state index contributed by atoms with van der Waals surface area (Å²) < 4.78 is 0. The Labute approximate surface area is 90.0 Å². The van der Waals surface area contributed by atoms with Gasteiger partial charge in [0.05, 0.1) is 0 Å². The molecule has 0 radical (unpaired) electrons. The molecule has 2 rings (SSSR count). The lowest BCUT2D eigenvalue weighted by atomic mass is 10.4. The zero-order valence-corrected chi connectivity index (χ0v) is 9.00. The van der Waals surface area contributed by atoms with Crippen LogP contribution in [0, 0.1) is 0 Å². The summed E-state index contributed by atoms with van der Waals surface area (Å²) in [5.41, 5.74) is 5.28. The lowest BCUT2D eigenvalue weighted by Gasteiger charge is -2.12. The molecule has 5 nitrogen and oxygen atoms in total. The van der Waals surface area contributed by atoms with Crippen molar-refractivity contribution >= 4 is 11.8 Å². The van der Waals surface area contributed by atoms with Gasteiger partial charge in [0, 0.05) is 39.0 Å². The Balaban J connectivity index is 0.000000162. The summed E-state index contributed by atoms with van der Waals surface area (Å²) in [5, 5.41) is 2.68. The van der Waals surface area contributed by atoms with Crippen LogP contribution in [0.5, 0.6) is 0 Å². The first kappa shape index (κ1) is 12.0. The van der Waals surface area contributed by atoms with E-state index >= 15 is 0 Å². The summed E-state index contributed by atoms with van der Waals surface area (Å²) in [6.07, 6.45) is 3.50. The lowest BCUT2D eigenvalue weighted by molar-refractivity contribution is -0.127. The summed E-state index contributed by atoms with van der Waals surface area (Å²) in [4.78, 5) is 22.8. The number of nitrogens with two attached hydrogens (primary N) is 1. The number of hydrogen-bond donors (Lipinski definition) is 2. The molecule has 0 unspecified atom stereocenters. The van der Waals surface area contributed by atoms with Gasteiger partial charge in [0.2, 0.25) is 11.8 Å². The Morgan fingerprint density at radius 2 is 2.07 bits per heavy atom. The molecule has 2 fully saturated rings. The standard InChI is InChI=1S/C6H12N2O.C4H7NO/c7-3-5-8-4-1-2-6(8)9;6-4-2-1-3-5-4/h1-5,7H2;1-3H2,(H,5,6). The van der Waals surface area contributed by atoms with Gasteiger partial charge in [0.15, 0.2) is 0 Å². The Morgan fingerprint density at radius 1 is 1.27 bits per heavy atom. The van der Waals surface area contributed by atoms with Crippen LogP contribution in [0.1, 0.15) is 25.7 Å². The third kappa shape index (κ3) is 4.29. The Morgan fingerprint density at radius 3 is 2.40 bits per heavy atom. The van der Waals surface area contributed by atoms with Gasteiger partial charge in [-0.3, -0.25) is 9.59 Å². The van der Waals surface area contributed by atoms with Crippen LogP contribution in [-0.2, 0) is 9.59 Å². The predicted molar refractivity (Wildman–Crippen MR) is 57.1 cm³/mol. The molecule has 2 aliphatic rings. The van der Waals surface area contributed by atoms with Gasteiger partial charge in [-0.2, -0.15) is 0 Å². The monoisotopic (exact) mass is 213 g/mol. The average molecular weight is 213 g/mol. The Hall–Kier alpha value is -1.10. The summed E-state index contributed by atoms with van der Waals surface area (Å²) in [6.45, 7) is 3.12. The first-order chi connectivity index (χ1) is 7.24. The van der Waals surface area contributed by atoms with E-state index < -0.39 is 0 Å². The van der Waals surface area contributed by atoms with Crippen LogP contribution >= 0.6 is 0 Å². The molecule has 2 heterocycles. The van der Waals surface area contributed by atoms with Crippen LogP contribution in [0.15, 0.2) is 0 Å². The van der Waals surface area contributed by atoms with Crippen LogP contribution in [-0.4, -0.2) is 42.9 Å². The smallest absolute Gasteiger partial charge is 0.222 e. The molecular formula is C10H19N3O2. The average Bonchev–Trinajstić information content (AvgIpc) is 2.81. The fraction of sp³-hybridized carbons (Fsp3) is 0.800. The predicted octanol–water partition coefficient (Wildman–Crippen LogP) is -0.536. The van der Waals surface area contributed by atoms with Gasteiger partial charge in [0.1, 0.15) is 0 Å². The van der Waals surface area contributed by atoms with Gasteiger partial charge in [-0.25, -0.2) is 0 Å². The Bertz CT molecular complexity index is 223. The fourth-order valence-corrected chi connectivity index (χ4v) is 1.66. The number of amides is 2. The second-order valence-electron chi connectivity index (χ2n) is 3.73. The molecule has 86 valence electrons. The zero-order chi connectivity index (χ0) is 11.1. The van der Waals surface area contributed by atoms with Gasteiger partial charge >= 0.3 is 0 Å². The van der Waals surface area contributed by atoms with Crippen LogP contribution in [0.4, 0.5) is 0 Å². The molecule has 2 saturated heterocycles. The topological polar surface area (TPSA) is 75.4 Å². The molecule has 0 aromatic heterocycles. The third-order valence-corrected chi connectivity index (χ3v) is 2.47. The van der Waals surface area contributed by atoms with E-state index in [2.05, 4.69) is 5.32 Å². The van der Waals surface area contributed by atoms with Crippen molar-refractivity contribution in [2.75, 3.05) is 26.2 Å². The summed E-state index contributed by atoms with van der Waals surface area (Å²) >= 11 is 0. The fourth-order valence-electron chi connectivity index (χ4n) is 1.66. The van der Waals surface area contributed by atoms with Crippen molar-refractivity contribution in [2.45, 2.75) is 25.7 Å². The van der Waals surface area contributed by atoms with Gasteiger partial charge < -0.3 is 16.0 Å².